The normalized spacial score (nSPS) is 10.6. The van der Waals surface area contributed by atoms with Crippen LogP contribution in [-0.4, -0.2) is 52.2 Å². The molecule has 0 saturated heterocycles. The number of benzene rings is 1. The predicted molar refractivity (Wildman–Crippen MR) is 102 cm³/mol. The quantitative estimate of drug-likeness (QED) is 0.637. The summed E-state index contributed by atoms with van der Waals surface area (Å²) in [5.41, 5.74) is 1.45. The highest BCUT2D eigenvalue weighted by Crippen LogP contribution is 2.41. The zero-order valence-electron chi connectivity index (χ0n) is 16.4. The van der Waals surface area contributed by atoms with Crippen LogP contribution >= 0.6 is 0 Å². The van der Waals surface area contributed by atoms with Gasteiger partial charge in [0.1, 0.15) is 18.2 Å². The molecule has 28 heavy (non-hydrogen) atoms. The topological polar surface area (TPSA) is 116 Å². The summed E-state index contributed by atoms with van der Waals surface area (Å²) < 4.78 is 17.6. The minimum atomic E-state index is -0.254. The number of hydrogen-bond donors (Lipinski definition) is 2. The molecule has 0 aliphatic carbocycles. The molecule has 3 rings (SSSR count). The first-order chi connectivity index (χ1) is 13.4. The molecule has 0 bridgehead atoms. The van der Waals surface area contributed by atoms with Gasteiger partial charge in [0.05, 0.1) is 27.0 Å². The van der Waals surface area contributed by atoms with Crippen molar-refractivity contribution in [2.24, 2.45) is 0 Å². The number of anilines is 1. The lowest BCUT2D eigenvalue weighted by Gasteiger charge is -2.13. The van der Waals surface area contributed by atoms with E-state index < -0.39 is 0 Å². The lowest BCUT2D eigenvalue weighted by molar-refractivity contribution is -0.117. The van der Waals surface area contributed by atoms with Crippen LogP contribution in [0.3, 0.4) is 0 Å². The number of rotatable bonds is 7. The highest BCUT2D eigenvalue weighted by Gasteiger charge is 2.16. The standard InChI is InChI=1S/C18H22N6O4/c1-10-19-11(2)24(23-10)9-17(25)20-16-8-13(21-22-16)12-6-14(26-3)18(28-5)15(7-12)27-4/h6-8H,9H2,1-5H3,(H2,20,21,22,25). The molecule has 0 aliphatic heterocycles. The molecule has 2 heterocycles. The molecule has 0 atom stereocenters. The maximum absolute atomic E-state index is 12.3. The Balaban J connectivity index is 1.78. The Morgan fingerprint density at radius 1 is 1.11 bits per heavy atom. The third-order valence-electron chi connectivity index (χ3n) is 4.08. The summed E-state index contributed by atoms with van der Waals surface area (Å²) in [5, 5.41) is 14.0. The second kappa shape index (κ2) is 7.99. The highest BCUT2D eigenvalue weighted by atomic mass is 16.5. The van der Waals surface area contributed by atoms with Crippen molar-refractivity contribution in [1.29, 1.82) is 0 Å². The van der Waals surface area contributed by atoms with E-state index in [1.54, 1.807) is 53.4 Å². The molecule has 1 amide bonds. The van der Waals surface area contributed by atoms with E-state index in [1.807, 2.05) is 0 Å². The molecule has 0 unspecified atom stereocenters. The molecule has 10 nitrogen and oxygen atoms in total. The Bertz CT molecular complexity index is 969. The number of hydrogen-bond acceptors (Lipinski definition) is 7. The first-order valence-electron chi connectivity index (χ1n) is 8.48. The summed E-state index contributed by atoms with van der Waals surface area (Å²) in [4.78, 5) is 16.4. The van der Waals surface area contributed by atoms with Crippen LogP contribution in [0.1, 0.15) is 11.6 Å². The highest BCUT2D eigenvalue weighted by molar-refractivity contribution is 5.90. The maximum Gasteiger partial charge on any atom is 0.247 e. The number of aryl methyl sites for hydroxylation is 2. The molecular formula is C18H22N6O4. The zero-order chi connectivity index (χ0) is 20.3. The number of amides is 1. The van der Waals surface area contributed by atoms with Crippen LogP contribution in [0.2, 0.25) is 0 Å². The zero-order valence-corrected chi connectivity index (χ0v) is 16.4. The molecule has 0 fully saturated rings. The van der Waals surface area contributed by atoms with Crippen LogP contribution in [0.15, 0.2) is 18.2 Å². The molecule has 2 N–H and O–H groups in total. The molecule has 0 radical (unpaired) electrons. The lowest BCUT2D eigenvalue weighted by Crippen LogP contribution is -2.20. The van der Waals surface area contributed by atoms with Gasteiger partial charge in [-0.05, 0) is 26.0 Å². The summed E-state index contributed by atoms with van der Waals surface area (Å²) in [6, 6.07) is 5.31. The van der Waals surface area contributed by atoms with Gasteiger partial charge in [-0.2, -0.15) is 10.2 Å². The van der Waals surface area contributed by atoms with Gasteiger partial charge in [-0.1, -0.05) is 0 Å². The number of nitrogens with zero attached hydrogens (tertiary/aromatic N) is 4. The van der Waals surface area contributed by atoms with Crippen molar-refractivity contribution in [2.75, 3.05) is 26.6 Å². The van der Waals surface area contributed by atoms with E-state index in [0.717, 1.165) is 5.56 Å². The number of aromatic amines is 1. The smallest absolute Gasteiger partial charge is 0.247 e. The van der Waals surface area contributed by atoms with E-state index in [0.29, 0.717) is 40.4 Å². The summed E-state index contributed by atoms with van der Waals surface area (Å²) in [6.45, 7) is 3.63. The number of aromatic nitrogens is 5. The van der Waals surface area contributed by atoms with Crippen LogP contribution in [0.4, 0.5) is 5.82 Å². The Labute approximate surface area is 161 Å². The van der Waals surface area contributed by atoms with E-state index in [9.17, 15) is 4.79 Å². The van der Waals surface area contributed by atoms with Crippen LogP contribution in [0, 0.1) is 13.8 Å². The molecule has 148 valence electrons. The van der Waals surface area contributed by atoms with Gasteiger partial charge in [0.25, 0.3) is 0 Å². The van der Waals surface area contributed by atoms with Crippen LogP contribution in [0.25, 0.3) is 11.3 Å². The van der Waals surface area contributed by atoms with E-state index >= 15 is 0 Å². The van der Waals surface area contributed by atoms with Gasteiger partial charge in [-0.15, -0.1) is 0 Å². The van der Waals surface area contributed by atoms with E-state index in [1.165, 1.54) is 4.68 Å². The minimum absolute atomic E-state index is 0.0546. The molecule has 2 aromatic heterocycles. The van der Waals surface area contributed by atoms with Crippen molar-refractivity contribution in [3.63, 3.8) is 0 Å². The molecule has 0 saturated carbocycles. The van der Waals surface area contributed by atoms with Gasteiger partial charge in [-0.25, -0.2) is 9.67 Å². The Morgan fingerprint density at radius 3 is 2.32 bits per heavy atom. The van der Waals surface area contributed by atoms with Gasteiger partial charge in [0, 0.05) is 11.6 Å². The Morgan fingerprint density at radius 2 is 1.79 bits per heavy atom. The minimum Gasteiger partial charge on any atom is -0.493 e. The number of carbonyl (C=O) groups is 1. The number of H-pyrrole nitrogens is 1. The van der Waals surface area contributed by atoms with E-state index in [2.05, 4.69) is 25.6 Å². The maximum atomic E-state index is 12.3. The predicted octanol–water partition coefficient (Wildman–Crippen LogP) is 1.95. The van der Waals surface area contributed by atoms with E-state index in [-0.39, 0.29) is 12.5 Å². The van der Waals surface area contributed by atoms with Crippen molar-refractivity contribution in [3.05, 3.63) is 29.8 Å². The first-order valence-corrected chi connectivity index (χ1v) is 8.48. The van der Waals surface area contributed by atoms with Crippen molar-refractivity contribution in [1.82, 2.24) is 25.0 Å². The summed E-state index contributed by atoms with van der Waals surface area (Å²) in [6.07, 6.45) is 0. The monoisotopic (exact) mass is 386 g/mol. The van der Waals surface area contributed by atoms with Gasteiger partial charge in [0.2, 0.25) is 11.7 Å². The van der Waals surface area contributed by atoms with Crippen LogP contribution in [0.5, 0.6) is 17.2 Å². The van der Waals surface area contributed by atoms with Crippen LogP contribution in [-0.2, 0) is 11.3 Å². The van der Waals surface area contributed by atoms with Crippen LogP contribution < -0.4 is 19.5 Å². The average molecular weight is 386 g/mol. The fourth-order valence-corrected chi connectivity index (χ4v) is 2.80. The van der Waals surface area contributed by atoms with Gasteiger partial charge in [0.15, 0.2) is 17.3 Å². The number of ether oxygens (including phenoxy) is 3. The largest absolute Gasteiger partial charge is 0.493 e. The van der Waals surface area contributed by atoms with Crippen molar-refractivity contribution in [3.8, 4) is 28.5 Å². The summed E-state index contributed by atoms with van der Waals surface area (Å²) >= 11 is 0. The fourth-order valence-electron chi connectivity index (χ4n) is 2.80. The molecule has 1 aromatic carbocycles. The average Bonchev–Trinajstić information content (AvgIpc) is 3.26. The molecule has 0 aliphatic rings. The Hall–Kier alpha value is -3.56. The number of methoxy groups -OCH3 is 3. The molecular weight excluding hydrogens is 364 g/mol. The lowest BCUT2D eigenvalue weighted by atomic mass is 10.1. The van der Waals surface area contributed by atoms with Crippen molar-refractivity contribution >= 4 is 11.7 Å². The van der Waals surface area contributed by atoms with Crippen molar-refractivity contribution in [2.45, 2.75) is 20.4 Å². The first kappa shape index (κ1) is 19.2. The second-order valence-electron chi connectivity index (χ2n) is 5.99. The van der Waals surface area contributed by atoms with Gasteiger partial charge >= 0.3 is 0 Å². The SMILES string of the molecule is COc1cc(-c2cc(NC(=O)Cn3nc(C)nc3C)n[nH]2)cc(OC)c1OC. The molecule has 10 heteroatoms. The number of nitrogens with one attached hydrogen (secondary N) is 2. The molecule has 0 spiro atoms. The van der Waals surface area contributed by atoms with Crippen molar-refractivity contribution < 1.29 is 19.0 Å². The third kappa shape index (κ3) is 3.90. The Kier molecular flexibility index (Phi) is 5.48. The fraction of sp³-hybridized carbons (Fsp3) is 0.333. The third-order valence-corrected chi connectivity index (χ3v) is 4.08. The molecule has 3 aromatic rings. The number of carbonyl (C=O) groups excluding carboxylic acids is 1. The summed E-state index contributed by atoms with van der Waals surface area (Å²) in [5.74, 6) is 2.98. The van der Waals surface area contributed by atoms with Gasteiger partial charge < -0.3 is 19.5 Å². The van der Waals surface area contributed by atoms with Gasteiger partial charge in [-0.3, -0.25) is 9.89 Å². The van der Waals surface area contributed by atoms with E-state index in [4.69, 9.17) is 14.2 Å². The summed E-state index contributed by atoms with van der Waals surface area (Å²) in [7, 11) is 4.64. The second-order valence-corrected chi connectivity index (χ2v) is 5.99.